The van der Waals surface area contributed by atoms with Crippen molar-refractivity contribution in [3.8, 4) is 0 Å². The second kappa shape index (κ2) is 2.74. The van der Waals surface area contributed by atoms with Crippen molar-refractivity contribution in [2.45, 2.75) is 31.6 Å². The molecule has 1 saturated heterocycles. The largest absolute Gasteiger partial charge is 0.304 e. The van der Waals surface area contributed by atoms with Gasteiger partial charge in [0.2, 0.25) is 0 Å². The highest BCUT2D eigenvalue weighted by molar-refractivity contribution is 6.12. The van der Waals surface area contributed by atoms with Crippen molar-refractivity contribution in [1.29, 1.82) is 0 Å². The third-order valence-electron chi connectivity index (χ3n) is 2.58. The summed E-state index contributed by atoms with van der Waals surface area (Å²) in [5, 5.41) is 0. The van der Waals surface area contributed by atoms with Gasteiger partial charge in [0.1, 0.15) is 7.85 Å². The van der Waals surface area contributed by atoms with Crippen molar-refractivity contribution in [2.75, 3.05) is 13.6 Å². The van der Waals surface area contributed by atoms with E-state index in [2.05, 4.69) is 26.7 Å². The molecule has 9 heavy (non-hydrogen) atoms. The van der Waals surface area contributed by atoms with Crippen LogP contribution < -0.4 is 0 Å². The molecule has 0 radical (unpaired) electrons. The Hall–Kier alpha value is 0.0249. The highest BCUT2D eigenvalue weighted by Crippen LogP contribution is 2.26. The summed E-state index contributed by atoms with van der Waals surface area (Å²) in [7, 11) is 4.59. The van der Waals surface area contributed by atoms with Gasteiger partial charge in [-0.1, -0.05) is 12.7 Å². The molecule has 0 aromatic heterocycles. The Balaban J connectivity index is 2.44. The molecule has 0 N–H and O–H groups in total. The third kappa shape index (κ3) is 1.29. The Bertz CT molecular complexity index is 84.9. The van der Waals surface area contributed by atoms with Gasteiger partial charge in [-0.3, -0.25) is 0 Å². The molecule has 0 aromatic carbocycles. The summed E-state index contributed by atoms with van der Waals surface area (Å²) in [6.45, 7) is 3.59. The monoisotopic (exact) mass is 125 g/mol. The minimum Gasteiger partial charge on any atom is -0.304 e. The van der Waals surface area contributed by atoms with Crippen LogP contribution in [-0.4, -0.2) is 32.4 Å². The van der Waals surface area contributed by atoms with Crippen molar-refractivity contribution in [3.63, 3.8) is 0 Å². The van der Waals surface area contributed by atoms with Gasteiger partial charge in [0.15, 0.2) is 0 Å². The minimum atomic E-state index is 0.866. The topological polar surface area (TPSA) is 3.24 Å². The molecule has 0 saturated carbocycles. The molecule has 2 heteroatoms. The van der Waals surface area contributed by atoms with E-state index in [9.17, 15) is 0 Å². The Morgan fingerprint density at radius 1 is 1.67 bits per heavy atom. The van der Waals surface area contributed by atoms with E-state index in [1.165, 1.54) is 19.4 Å². The average Bonchev–Trinajstić information content (AvgIpc) is 2.12. The lowest BCUT2D eigenvalue weighted by atomic mass is 9.80. The number of rotatable bonds is 1. The van der Waals surface area contributed by atoms with Gasteiger partial charge >= 0.3 is 0 Å². The molecular formula is C7H16BN. The second-order valence-electron chi connectivity index (χ2n) is 3.22. The molecule has 1 rings (SSSR count). The number of hydrogen-bond donors (Lipinski definition) is 0. The fourth-order valence-corrected chi connectivity index (χ4v) is 1.91. The molecule has 1 fully saturated rings. The summed E-state index contributed by atoms with van der Waals surface area (Å²) in [4.78, 5) is 2.48. The lowest BCUT2D eigenvalue weighted by Crippen LogP contribution is -2.26. The number of likely N-dealkylation sites (tertiary alicyclic amines) is 1. The molecule has 1 unspecified atom stereocenters. The third-order valence-corrected chi connectivity index (χ3v) is 2.58. The first-order valence-corrected chi connectivity index (χ1v) is 3.96. The molecule has 1 aliphatic rings. The molecule has 52 valence electrons. The van der Waals surface area contributed by atoms with Crippen molar-refractivity contribution in [1.82, 2.24) is 4.90 Å². The Morgan fingerprint density at radius 3 is 2.56 bits per heavy atom. The van der Waals surface area contributed by atoms with Crippen LogP contribution in [0.25, 0.3) is 0 Å². The van der Waals surface area contributed by atoms with Gasteiger partial charge in [-0.2, -0.15) is 0 Å². The fourth-order valence-electron chi connectivity index (χ4n) is 1.91. The van der Waals surface area contributed by atoms with Gasteiger partial charge in [-0.05, 0) is 26.4 Å². The Labute approximate surface area is 58.8 Å². The van der Waals surface area contributed by atoms with Crippen LogP contribution in [0.5, 0.6) is 0 Å². The SMILES string of the molecule is B[C@@H]1CCN(C)C1CC. The van der Waals surface area contributed by atoms with Gasteiger partial charge in [-0.25, -0.2) is 0 Å². The zero-order valence-corrected chi connectivity index (χ0v) is 6.72. The molecule has 0 aromatic rings. The molecule has 1 nitrogen and oxygen atoms in total. The normalized spacial score (nSPS) is 37.6. The van der Waals surface area contributed by atoms with Gasteiger partial charge in [0, 0.05) is 6.04 Å². The standard InChI is InChI=1S/C7H16BN/c1-3-7-6(8)4-5-9(7)2/h6-7H,3-5,8H2,1-2H3/t6-,7?/m1/s1. The summed E-state index contributed by atoms with van der Waals surface area (Å²) in [5.41, 5.74) is 0. The van der Waals surface area contributed by atoms with Gasteiger partial charge in [0.05, 0.1) is 0 Å². The van der Waals surface area contributed by atoms with E-state index < -0.39 is 0 Å². The van der Waals surface area contributed by atoms with Crippen LogP contribution in [0, 0.1) is 0 Å². The van der Waals surface area contributed by atoms with Crippen LogP contribution in [0.3, 0.4) is 0 Å². The summed E-state index contributed by atoms with van der Waals surface area (Å²) >= 11 is 0. The van der Waals surface area contributed by atoms with Crippen LogP contribution in [-0.2, 0) is 0 Å². The van der Waals surface area contributed by atoms with E-state index in [1.54, 1.807) is 0 Å². The van der Waals surface area contributed by atoms with Gasteiger partial charge in [0.25, 0.3) is 0 Å². The maximum absolute atomic E-state index is 2.48. The van der Waals surface area contributed by atoms with Crippen molar-refractivity contribution >= 4 is 7.85 Å². The molecule has 0 amide bonds. The molecule has 2 atom stereocenters. The van der Waals surface area contributed by atoms with Gasteiger partial charge in [-0.15, -0.1) is 0 Å². The lowest BCUT2D eigenvalue weighted by Gasteiger charge is -2.20. The smallest absolute Gasteiger partial charge is 0.107 e. The van der Waals surface area contributed by atoms with Gasteiger partial charge < -0.3 is 4.90 Å². The van der Waals surface area contributed by atoms with E-state index in [0.29, 0.717) is 0 Å². The first-order valence-electron chi connectivity index (χ1n) is 3.96. The predicted molar refractivity (Wildman–Crippen MR) is 43.6 cm³/mol. The van der Waals surface area contributed by atoms with E-state index in [-0.39, 0.29) is 0 Å². The summed E-state index contributed by atoms with van der Waals surface area (Å²) in [5.74, 6) is 0.931. The van der Waals surface area contributed by atoms with Crippen LogP contribution in [0.4, 0.5) is 0 Å². The average molecular weight is 125 g/mol. The molecule has 0 aliphatic carbocycles. The number of hydrogen-bond acceptors (Lipinski definition) is 1. The zero-order chi connectivity index (χ0) is 6.85. The first-order chi connectivity index (χ1) is 4.25. The number of nitrogens with zero attached hydrogens (tertiary/aromatic N) is 1. The molecular weight excluding hydrogens is 109 g/mol. The van der Waals surface area contributed by atoms with Crippen molar-refractivity contribution in [3.05, 3.63) is 0 Å². The first kappa shape index (κ1) is 7.14. The maximum Gasteiger partial charge on any atom is 0.107 e. The summed E-state index contributed by atoms with van der Waals surface area (Å²) in [6, 6.07) is 0.866. The second-order valence-corrected chi connectivity index (χ2v) is 3.22. The lowest BCUT2D eigenvalue weighted by molar-refractivity contribution is 0.304. The highest BCUT2D eigenvalue weighted by Gasteiger charge is 2.25. The quantitative estimate of drug-likeness (QED) is 0.462. The summed E-state index contributed by atoms with van der Waals surface area (Å²) in [6.07, 6.45) is 2.71. The highest BCUT2D eigenvalue weighted by atomic mass is 15.1. The maximum atomic E-state index is 2.48. The zero-order valence-electron chi connectivity index (χ0n) is 6.72. The molecule has 1 aliphatic heterocycles. The Kier molecular flexibility index (Phi) is 2.17. The molecule has 0 spiro atoms. The van der Waals surface area contributed by atoms with Crippen LogP contribution >= 0.6 is 0 Å². The van der Waals surface area contributed by atoms with Crippen LogP contribution in [0.1, 0.15) is 19.8 Å². The van der Waals surface area contributed by atoms with E-state index >= 15 is 0 Å². The van der Waals surface area contributed by atoms with E-state index in [0.717, 1.165) is 11.9 Å². The fraction of sp³-hybridized carbons (Fsp3) is 1.00. The van der Waals surface area contributed by atoms with Crippen LogP contribution in [0.2, 0.25) is 5.82 Å². The predicted octanol–water partition coefficient (Wildman–Crippen LogP) is 0.522. The van der Waals surface area contributed by atoms with E-state index in [1.807, 2.05) is 0 Å². The van der Waals surface area contributed by atoms with Crippen LogP contribution in [0.15, 0.2) is 0 Å². The van der Waals surface area contributed by atoms with Crippen molar-refractivity contribution < 1.29 is 0 Å². The molecule has 1 heterocycles. The van der Waals surface area contributed by atoms with Crippen molar-refractivity contribution in [2.24, 2.45) is 0 Å². The molecule has 0 bridgehead atoms. The minimum absolute atomic E-state index is 0.866. The Morgan fingerprint density at radius 2 is 2.33 bits per heavy atom. The van der Waals surface area contributed by atoms with E-state index in [4.69, 9.17) is 0 Å². The summed E-state index contributed by atoms with van der Waals surface area (Å²) < 4.78 is 0.